The summed E-state index contributed by atoms with van der Waals surface area (Å²) >= 11 is 5.10. The van der Waals surface area contributed by atoms with Crippen molar-refractivity contribution in [3.63, 3.8) is 0 Å². The molecule has 0 aromatic rings. The summed E-state index contributed by atoms with van der Waals surface area (Å²) in [5.74, 6) is 0.0797. The van der Waals surface area contributed by atoms with Gasteiger partial charge in [-0.3, -0.25) is 0 Å². The van der Waals surface area contributed by atoms with Gasteiger partial charge < -0.3 is 31.1 Å². The molecule has 4 atom stereocenters. The molecule has 0 spiro atoms. The number of ether oxygens (including phenoxy) is 1. The Morgan fingerprint density at radius 1 is 1.71 bits per heavy atom. The Bertz CT molecular complexity index is 321. The minimum atomic E-state index is -1.52. The van der Waals surface area contributed by atoms with Gasteiger partial charge in [-0.2, -0.15) is 4.51 Å². The summed E-state index contributed by atoms with van der Waals surface area (Å²) in [7, 11) is 0. The van der Waals surface area contributed by atoms with Crippen LogP contribution in [0.25, 0.3) is 0 Å². The highest BCUT2D eigenvalue weighted by atomic mass is 35.5. The molecule has 0 saturated carbocycles. The quantitative estimate of drug-likeness (QED) is 0.309. The van der Waals surface area contributed by atoms with Crippen LogP contribution in [0.4, 0.5) is 0 Å². The number of halogens is 1. The van der Waals surface area contributed by atoms with E-state index in [1.165, 1.54) is 19.2 Å². The fraction of sp³-hybridized carbons (Fsp3) is 0.667. The van der Waals surface area contributed by atoms with Crippen LogP contribution in [0.15, 0.2) is 16.8 Å². The van der Waals surface area contributed by atoms with Crippen molar-refractivity contribution in [2.24, 2.45) is 10.2 Å². The molecule has 98 valence electrons. The number of nitrogens with zero attached hydrogens (tertiary/aromatic N) is 1. The summed E-state index contributed by atoms with van der Waals surface area (Å²) in [4.78, 5) is 0. The predicted molar refractivity (Wildman–Crippen MR) is 62.1 cm³/mol. The Balaban J connectivity index is 2.63. The van der Waals surface area contributed by atoms with Crippen LogP contribution in [-0.2, 0) is 4.74 Å². The molecule has 8 heteroatoms. The normalized spacial score (nSPS) is 38.9. The Labute approximate surface area is 104 Å². The molecule has 1 rings (SSSR count). The maximum Gasteiger partial charge on any atom is 0.159 e. The van der Waals surface area contributed by atoms with E-state index in [0.717, 1.165) is 0 Å². The summed E-state index contributed by atoms with van der Waals surface area (Å²) < 4.78 is 8.41. The van der Waals surface area contributed by atoms with E-state index in [1.54, 1.807) is 0 Å². The molecule has 0 aliphatic carbocycles. The van der Waals surface area contributed by atoms with Gasteiger partial charge in [0, 0.05) is 18.0 Å². The molecule has 1 aliphatic heterocycles. The standard InChI is InChI=1S/C9H16ClN3O4/c1-9(16)7(15)5(4-14)17-8(9)12-3-2-6(11)13-10/h2-3,5,7-8,12,14-16H,4H2,1H3,(H2,11,13)/b3-2-/t5-,7?,8-,9?/m1/s1. The first kappa shape index (κ1) is 14.2. The Morgan fingerprint density at radius 3 is 2.82 bits per heavy atom. The third kappa shape index (κ3) is 3.08. The first-order valence-electron chi connectivity index (χ1n) is 4.97. The van der Waals surface area contributed by atoms with Crippen molar-refractivity contribution >= 4 is 17.6 Å². The molecular weight excluding hydrogens is 250 g/mol. The monoisotopic (exact) mass is 265 g/mol. The lowest BCUT2D eigenvalue weighted by molar-refractivity contribution is -0.0702. The van der Waals surface area contributed by atoms with Gasteiger partial charge in [0.25, 0.3) is 0 Å². The Kier molecular flexibility index (Phi) is 4.72. The highest BCUT2D eigenvalue weighted by Crippen LogP contribution is 2.29. The average Bonchev–Trinajstić information content (AvgIpc) is 2.52. The number of hydrogen-bond donors (Lipinski definition) is 5. The third-order valence-corrected chi connectivity index (χ3v) is 2.77. The second-order valence-electron chi connectivity index (χ2n) is 3.92. The van der Waals surface area contributed by atoms with Crippen LogP contribution in [0, 0.1) is 0 Å². The zero-order valence-corrected chi connectivity index (χ0v) is 10.0. The van der Waals surface area contributed by atoms with Crippen LogP contribution in [-0.4, -0.2) is 51.8 Å². The second kappa shape index (κ2) is 5.65. The number of aliphatic hydroxyl groups is 3. The summed E-state index contributed by atoms with van der Waals surface area (Å²) in [5.41, 5.74) is 3.78. The van der Waals surface area contributed by atoms with Crippen LogP contribution < -0.4 is 11.1 Å². The lowest BCUT2D eigenvalue weighted by atomic mass is 9.97. The van der Waals surface area contributed by atoms with E-state index in [4.69, 9.17) is 27.4 Å². The number of rotatable bonds is 4. The van der Waals surface area contributed by atoms with E-state index in [-0.39, 0.29) is 12.4 Å². The van der Waals surface area contributed by atoms with E-state index in [1.807, 2.05) is 0 Å². The van der Waals surface area contributed by atoms with Crippen molar-refractivity contribution in [2.45, 2.75) is 31.0 Å². The topological polar surface area (TPSA) is 120 Å². The van der Waals surface area contributed by atoms with E-state index >= 15 is 0 Å². The molecule has 1 heterocycles. The summed E-state index contributed by atoms with van der Waals surface area (Å²) in [6.07, 6.45) is -0.140. The fourth-order valence-corrected chi connectivity index (χ4v) is 1.57. The predicted octanol–water partition coefficient (Wildman–Crippen LogP) is -1.57. The fourth-order valence-electron chi connectivity index (χ4n) is 1.52. The molecular formula is C9H16ClN3O4. The van der Waals surface area contributed by atoms with Gasteiger partial charge in [0.05, 0.1) is 6.61 Å². The van der Waals surface area contributed by atoms with Crippen molar-refractivity contribution in [3.05, 3.63) is 12.3 Å². The Hall–Kier alpha value is -0.860. The van der Waals surface area contributed by atoms with Gasteiger partial charge in [0.2, 0.25) is 0 Å². The largest absolute Gasteiger partial charge is 0.394 e. The number of nitrogens with one attached hydrogen (secondary N) is 1. The first-order valence-corrected chi connectivity index (χ1v) is 5.31. The van der Waals surface area contributed by atoms with Gasteiger partial charge >= 0.3 is 0 Å². The maximum absolute atomic E-state index is 9.98. The van der Waals surface area contributed by atoms with Gasteiger partial charge in [0.15, 0.2) is 6.23 Å². The molecule has 1 aliphatic rings. The van der Waals surface area contributed by atoms with Gasteiger partial charge in [-0.15, -0.1) is 0 Å². The zero-order chi connectivity index (χ0) is 13.1. The molecule has 1 saturated heterocycles. The molecule has 2 unspecified atom stereocenters. The number of nitrogens with two attached hydrogens (primary N) is 1. The van der Waals surface area contributed by atoms with Crippen molar-refractivity contribution in [2.75, 3.05) is 6.61 Å². The van der Waals surface area contributed by atoms with E-state index in [2.05, 4.69) is 9.83 Å². The van der Waals surface area contributed by atoms with E-state index in [9.17, 15) is 10.2 Å². The zero-order valence-electron chi connectivity index (χ0n) is 9.25. The van der Waals surface area contributed by atoms with Crippen molar-refractivity contribution in [1.82, 2.24) is 5.32 Å². The highest BCUT2D eigenvalue weighted by Gasteiger charge is 2.51. The van der Waals surface area contributed by atoms with Crippen molar-refractivity contribution in [3.8, 4) is 0 Å². The number of aliphatic hydroxyl groups excluding tert-OH is 2. The van der Waals surface area contributed by atoms with Crippen LogP contribution in [0.5, 0.6) is 0 Å². The molecule has 1 fully saturated rings. The molecule has 0 amide bonds. The lowest BCUT2D eigenvalue weighted by Crippen LogP contribution is -2.50. The molecule has 0 radical (unpaired) electrons. The molecule has 0 aromatic carbocycles. The molecule has 6 N–H and O–H groups in total. The van der Waals surface area contributed by atoms with Crippen LogP contribution in [0.2, 0.25) is 0 Å². The van der Waals surface area contributed by atoms with Gasteiger partial charge in [0.1, 0.15) is 23.6 Å². The molecule has 0 aromatic heterocycles. The van der Waals surface area contributed by atoms with Gasteiger partial charge in [-0.05, 0) is 13.0 Å². The SMILES string of the molecule is CC1(O)C(O)[C@@H](CO)O[C@H]1N/C=C\C(N)=NCl. The van der Waals surface area contributed by atoms with Crippen LogP contribution in [0.1, 0.15) is 6.92 Å². The smallest absolute Gasteiger partial charge is 0.159 e. The van der Waals surface area contributed by atoms with Crippen LogP contribution in [0.3, 0.4) is 0 Å². The Morgan fingerprint density at radius 2 is 2.35 bits per heavy atom. The molecule has 17 heavy (non-hydrogen) atoms. The third-order valence-electron chi connectivity index (χ3n) is 2.57. The maximum atomic E-state index is 9.98. The lowest BCUT2D eigenvalue weighted by Gasteiger charge is -2.26. The summed E-state index contributed by atoms with van der Waals surface area (Å²) in [6, 6.07) is 0. The van der Waals surface area contributed by atoms with Crippen molar-refractivity contribution < 1.29 is 20.1 Å². The highest BCUT2D eigenvalue weighted by molar-refractivity contribution is 6.21. The first-order chi connectivity index (χ1) is 7.93. The van der Waals surface area contributed by atoms with Crippen molar-refractivity contribution in [1.29, 1.82) is 0 Å². The van der Waals surface area contributed by atoms with E-state index in [0.29, 0.717) is 0 Å². The minimum Gasteiger partial charge on any atom is -0.394 e. The average molecular weight is 266 g/mol. The number of hydrogen-bond acceptors (Lipinski definition) is 6. The molecule has 0 bridgehead atoms. The molecule has 7 nitrogen and oxygen atoms in total. The van der Waals surface area contributed by atoms with Gasteiger partial charge in [-0.25, -0.2) is 0 Å². The van der Waals surface area contributed by atoms with Gasteiger partial charge in [-0.1, -0.05) is 0 Å². The number of amidine groups is 1. The van der Waals surface area contributed by atoms with Crippen LogP contribution >= 0.6 is 11.8 Å². The summed E-state index contributed by atoms with van der Waals surface area (Å²) in [6.45, 7) is 1.02. The summed E-state index contributed by atoms with van der Waals surface area (Å²) in [5, 5.41) is 31.3. The minimum absolute atomic E-state index is 0.0797. The van der Waals surface area contributed by atoms with E-state index < -0.39 is 24.0 Å². The second-order valence-corrected chi connectivity index (χ2v) is 4.09.